The molecule has 0 bridgehead atoms. The first kappa shape index (κ1) is 27.0. The van der Waals surface area contributed by atoms with Crippen LogP contribution in [0.25, 0.3) is 0 Å². The molecule has 3 heterocycles. The zero-order valence-corrected chi connectivity index (χ0v) is 17.5. The molecule has 3 fully saturated rings. The molecule has 15 heteroatoms. The van der Waals surface area contributed by atoms with Gasteiger partial charge in [0.15, 0.2) is 12.6 Å². The van der Waals surface area contributed by atoms with Crippen molar-refractivity contribution >= 4 is 0 Å². The molecule has 0 unspecified atom stereocenters. The number of β-amino-alcohol motifs (C(OH)–C–C–N with tert-alkyl or cyclic N) is 2. The number of ether oxygens (including phenoxy) is 4. The number of aliphatic hydroxyl groups excluding tert-OH is 10. The van der Waals surface area contributed by atoms with Gasteiger partial charge in [0.05, 0.1) is 25.4 Å². The van der Waals surface area contributed by atoms with Crippen molar-refractivity contribution < 1.29 is 70.0 Å². The third-order valence-corrected chi connectivity index (χ3v) is 6.07. The number of aliphatic hydroxyl groups is 10. The summed E-state index contributed by atoms with van der Waals surface area (Å²) in [6, 6.07) is 0. The van der Waals surface area contributed by atoms with Gasteiger partial charge in [-0.2, -0.15) is 0 Å². The minimum absolute atomic E-state index is 0.0247. The van der Waals surface area contributed by atoms with Crippen LogP contribution in [0.3, 0.4) is 0 Å². The van der Waals surface area contributed by atoms with Crippen LogP contribution >= 0.6 is 0 Å². The molecule has 3 aliphatic rings. The van der Waals surface area contributed by atoms with Gasteiger partial charge < -0.3 is 75.3 Å². The van der Waals surface area contributed by atoms with Crippen molar-refractivity contribution in [3.05, 3.63) is 0 Å². The standard InChI is InChI=1S/C18H33NO14/c20-3-7-10(25)11(26)13(28)17(30-7)33-16-8(4-21)31-18(14(29)12(16)27)32-15-6(23)2-19-1-5(22)9(15)24/h5-29H,1-4H2/t5-,6-,7-,8-,9+,10-,11+,12-,13-,14-,15-,16-,17-,18-/m1/s1. The highest BCUT2D eigenvalue weighted by Gasteiger charge is 2.52. The van der Waals surface area contributed by atoms with E-state index in [-0.39, 0.29) is 13.1 Å². The van der Waals surface area contributed by atoms with Crippen molar-refractivity contribution in [1.29, 1.82) is 0 Å². The van der Waals surface area contributed by atoms with E-state index < -0.39 is 99.0 Å². The Hall–Kier alpha value is -0.600. The van der Waals surface area contributed by atoms with Crippen molar-refractivity contribution in [2.24, 2.45) is 0 Å². The van der Waals surface area contributed by atoms with Crippen molar-refractivity contribution in [1.82, 2.24) is 5.32 Å². The highest BCUT2D eigenvalue weighted by atomic mass is 16.7. The topological polar surface area (TPSA) is 251 Å². The van der Waals surface area contributed by atoms with Crippen LogP contribution in [-0.4, -0.2) is 163 Å². The highest BCUT2D eigenvalue weighted by molar-refractivity contribution is 4.95. The van der Waals surface area contributed by atoms with Gasteiger partial charge in [-0.15, -0.1) is 0 Å². The largest absolute Gasteiger partial charge is 0.394 e. The molecule has 0 aromatic heterocycles. The summed E-state index contributed by atoms with van der Waals surface area (Å²) in [5, 5.41) is 103. The molecule has 15 nitrogen and oxygen atoms in total. The maximum Gasteiger partial charge on any atom is 0.187 e. The van der Waals surface area contributed by atoms with Crippen LogP contribution in [0, 0.1) is 0 Å². The summed E-state index contributed by atoms with van der Waals surface area (Å²) < 4.78 is 21.6. The molecule has 33 heavy (non-hydrogen) atoms. The second-order valence-electron chi connectivity index (χ2n) is 8.39. The summed E-state index contributed by atoms with van der Waals surface area (Å²) in [5.74, 6) is 0. The number of nitrogens with one attached hydrogen (secondary N) is 1. The first-order chi connectivity index (χ1) is 15.6. The van der Waals surface area contributed by atoms with Gasteiger partial charge in [-0.25, -0.2) is 0 Å². The van der Waals surface area contributed by atoms with Gasteiger partial charge in [-0.3, -0.25) is 0 Å². The molecule has 3 aliphatic heterocycles. The molecule has 3 saturated heterocycles. The van der Waals surface area contributed by atoms with Crippen LogP contribution in [0.15, 0.2) is 0 Å². The summed E-state index contributed by atoms with van der Waals surface area (Å²) in [7, 11) is 0. The Morgan fingerprint density at radius 1 is 0.576 bits per heavy atom. The van der Waals surface area contributed by atoms with E-state index in [2.05, 4.69) is 5.32 Å². The Balaban J connectivity index is 1.71. The first-order valence-electron chi connectivity index (χ1n) is 10.6. The van der Waals surface area contributed by atoms with Crippen LogP contribution in [0.4, 0.5) is 0 Å². The zero-order chi connectivity index (χ0) is 24.4. The fourth-order valence-corrected chi connectivity index (χ4v) is 4.06. The Morgan fingerprint density at radius 3 is 1.70 bits per heavy atom. The number of hydrogen-bond donors (Lipinski definition) is 11. The average Bonchev–Trinajstić information content (AvgIpc) is 2.91. The normalized spacial score (nSPS) is 51.8. The molecule has 0 aromatic rings. The zero-order valence-electron chi connectivity index (χ0n) is 17.5. The highest BCUT2D eigenvalue weighted by Crippen LogP contribution is 2.30. The van der Waals surface area contributed by atoms with Gasteiger partial charge in [-0.1, -0.05) is 0 Å². The van der Waals surface area contributed by atoms with Crippen molar-refractivity contribution in [3.63, 3.8) is 0 Å². The number of hydrogen-bond acceptors (Lipinski definition) is 15. The van der Waals surface area contributed by atoms with Gasteiger partial charge in [0.2, 0.25) is 0 Å². The van der Waals surface area contributed by atoms with Crippen molar-refractivity contribution in [2.45, 2.75) is 85.8 Å². The predicted octanol–water partition coefficient (Wildman–Crippen LogP) is -7.32. The quantitative estimate of drug-likeness (QED) is 0.166. The van der Waals surface area contributed by atoms with Crippen molar-refractivity contribution in [2.75, 3.05) is 26.3 Å². The summed E-state index contributed by atoms with van der Waals surface area (Å²) >= 11 is 0. The lowest BCUT2D eigenvalue weighted by Gasteiger charge is -2.46. The van der Waals surface area contributed by atoms with Crippen LogP contribution < -0.4 is 5.32 Å². The van der Waals surface area contributed by atoms with E-state index in [9.17, 15) is 51.1 Å². The molecular formula is C18H33NO14. The van der Waals surface area contributed by atoms with E-state index in [1.807, 2.05) is 0 Å². The molecule has 0 radical (unpaired) electrons. The van der Waals surface area contributed by atoms with Crippen LogP contribution in [0.1, 0.15) is 0 Å². The monoisotopic (exact) mass is 487 g/mol. The lowest BCUT2D eigenvalue weighted by molar-refractivity contribution is -0.367. The molecule has 0 saturated carbocycles. The maximum absolute atomic E-state index is 10.6. The fraction of sp³-hybridized carbons (Fsp3) is 1.00. The lowest BCUT2D eigenvalue weighted by Crippen LogP contribution is -2.65. The van der Waals surface area contributed by atoms with Crippen molar-refractivity contribution in [3.8, 4) is 0 Å². The first-order valence-corrected chi connectivity index (χ1v) is 10.6. The van der Waals surface area contributed by atoms with E-state index in [0.717, 1.165) is 0 Å². The Kier molecular flexibility index (Phi) is 9.35. The second kappa shape index (κ2) is 11.4. The predicted molar refractivity (Wildman–Crippen MR) is 102 cm³/mol. The third kappa shape index (κ3) is 5.64. The summed E-state index contributed by atoms with van der Waals surface area (Å²) in [6.07, 6.45) is -21.9. The molecule has 3 rings (SSSR count). The van der Waals surface area contributed by atoms with E-state index >= 15 is 0 Å². The molecule has 0 aliphatic carbocycles. The van der Waals surface area contributed by atoms with Crippen LogP contribution in [-0.2, 0) is 18.9 Å². The van der Waals surface area contributed by atoms with Crippen LogP contribution in [0.5, 0.6) is 0 Å². The van der Waals surface area contributed by atoms with Gasteiger partial charge in [0.25, 0.3) is 0 Å². The molecule has 0 amide bonds. The smallest absolute Gasteiger partial charge is 0.187 e. The summed E-state index contributed by atoms with van der Waals surface area (Å²) in [4.78, 5) is 0. The molecule has 11 N–H and O–H groups in total. The van der Waals surface area contributed by atoms with E-state index in [1.165, 1.54) is 0 Å². The van der Waals surface area contributed by atoms with E-state index in [4.69, 9.17) is 18.9 Å². The summed E-state index contributed by atoms with van der Waals surface area (Å²) in [5.41, 5.74) is 0. The minimum atomic E-state index is -1.84. The van der Waals surface area contributed by atoms with E-state index in [0.29, 0.717) is 0 Å². The SMILES string of the molecule is OC[C@H]1O[C@H](O[C@H]2[C@H](O)[C@@H](O)[C@@H](O[C@H]3[C@@H](O)[C@H](O)CNC[C@H]3O)O[C@@H]2CO)[C@H](O)[C@@H](O)[C@@H]1O. The fourth-order valence-electron chi connectivity index (χ4n) is 4.06. The van der Waals surface area contributed by atoms with Gasteiger partial charge >= 0.3 is 0 Å². The molecule has 0 aromatic carbocycles. The molecule has 14 atom stereocenters. The Labute approximate surface area is 188 Å². The molecule has 0 spiro atoms. The summed E-state index contributed by atoms with van der Waals surface area (Å²) in [6.45, 7) is -1.56. The molecule has 194 valence electrons. The van der Waals surface area contributed by atoms with Gasteiger partial charge in [0, 0.05) is 13.1 Å². The van der Waals surface area contributed by atoms with Gasteiger partial charge in [-0.05, 0) is 0 Å². The lowest BCUT2D eigenvalue weighted by atomic mass is 9.96. The minimum Gasteiger partial charge on any atom is -0.394 e. The maximum atomic E-state index is 10.6. The van der Waals surface area contributed by atoms with E-state index in [1.54, 1.807) is 0 Å². The Bertz CT molecular complexity index is 613. The number of rotatable bonds is 6. The average molecular weight is 487 g/mol. The van der Waals surface area contributed by atoms with Crippen LogP contribution in [0.2, 0.25) is 0 Å². The third-order valence-electron chi connectivity index (χ3n) is 6.07. The molecular weight excluding hydrogens is 454 g/mol. The Morgan fingerprint density at radius 2 is 1.09 bits per heavy atom. The van der Waals surface area contributed by atoms with Gasteiger partial charge in [0.1, 0.15) is 61.0 Å². The second-order valence-corrected chi connectivity index (χ2v) is 8.39.